The normalized spacial score (nSPS) is 16.0. The zero-order valence-electron chi connectivity index (χ0n) is 12.4. The lowest BCUT2D eigenvalue weighted by Crippen LogP contribution is -2.31. The average Bonchev–Trinajstić information content (AvgIpc) is 2.90. The minimum atomic E-state index is -0.600. The molecule has 1 amide bonds. The van der Waals surface area contributed by atoms with E-state index < -0.39 is 11.7 Å². The largest absolute Gasteiger partial charge is 0.291 e. The van der Waals surface area contributed by atoms with Gasteiger partial charge in [0.05, 0.1) is 24.3 Å². The second-order valence-electron chi connectivity index (χ2n) is 5.43. The summed E-state index contributed by atoms with van der Waals surface area (Å²) in [5.41, 5.74) is 1.93. The number of nitrogens with zero attached hydrogens (tertiary/aromatic N) is 3. The van der Waals surface area contributed by atoms with Crippen LogP contribution in [-0.4, -0.2) is 26.8 Å². The van der Waals surface area contributed by atoms with Gasteiger partial charge in [-0.1, -0.05) is 6.92 Å². The highest BCUT2D eigenvalue weighted by Gasteiger charge is 2.25. The second-order valence-corrected chi connectivity index (χ2v) is 5.43. The summed E-state index contributed by atoms with van der Waals surface area (Å²) in [6, 6.07) is 1.69. The minimum Gasteiger partial charge on any atom is -0.291 e. The summed E-state index contributed by atoms with van der Waals surface area (Å²) in [4.78, 5) is 19.7. The monoisotopic (exact) mass is 316 g/mol. The highest BCUT2D eigenvalue weighted by Crippen LogP contribution is 2.31. The molecule has 2 aromatic heterocycles. The molecule has 1 aliphatic rings. The number of fused-ring (bicyclic) bond motifs is 1. The van der Waals surface area contributed by atoms with Gasteiger partial charge in [0.15, 0.2) is 5.82 Å². The smallest absolute Gasteiger partial charge is 0.261 e. The first-order chi connectivity index (χ1) is 11.0. The van der Waals surface area contributed by atoms with Gasteiger partial charge in [0.2, 0.25) is 5.95 Å². The molecule has 2 heterocycles. The standard InChI is InChI=1S/C15H15FN6O.H2/c1-8-2-3-12-10(8)4-11(13(18)22(12)7-17)14(23)21-15-19-5-9(16)6-20-15;/h4-8,17-18H,2-3H2,1H3,(H,19,20,21,23);1H/t8-;/m0./s1. The average molecular weight is 316 g/mol. The molecule has 1 aliphatic carbocycles. The molecule has 0 saturated heterocycles. The lowest BCUT2D eigenvalue weighted by atomic mass is 10.0. The van der Waals surface area contributed by atoms with E-state index in [9.17, 15) is 9.18 Å². The first kappa shape index (κ1) is 15.0. The summed E-state index contributed by atoms with van der Waals surface area (Å²) in [6.07, 6.45) is 4.65. The van der Waals surface area contributed by atoms with Gasteiger partial charge in [-0.25, -0.2) is 14.4 Å². The number of carbonyl (C=O) groups excluding carboxylic acids is 1. The highest BCUT2D eigenvalue weighted by atomic mass is 19.1. The molecule has 7 nitrogen and oxygen atoms in total. The molecule has 3 rings (SSSR count). The van der Waals surface area contributed by atoms with E-state index in [1.54, 1.807) is 6.07 Å². The molecule has 2 aromatic rings. The molecule has 0 aliphatic heterocycles. The molecule has 1 atom stereocenters. The van der Waals surface area contributed by atoms with Crippen molar-refractivity contribution < 1.29 is 10.6 Å². The van der Waals surface area contributed by atoms with Crippen LogP contribution in [-0.2, 0) is 6.42 Å². The Hall–Kier alpha value is -2.90. The van der Waals surface area contributed by atoms with Crippen molar-refractivity contribution in [1.82, 2.24) is 14.5 Å². The number of nitrogens with one attached hydrogen (secondary N) is 3. The molecular weight excluding hydrogens is 299 g/mol. The van der Waals surface area contributed by atoms with Crippen molar-refractivity contribution in [2.45, 2.75) is 25.7 Å². The van der Waals surface area contributed by atoms with Gasteiger partial charge in [0.1, 0.15) is 5.49 Å². The number of anilines is 1. The van der Waals surface area contributed by atoms with Crippen LogP contribution in [0.25, 0.3) is 0 Å². The summed E-state index contributed by atoms with van der Waals surface area (Å²) in [5.74, 6) is -0.924. The number of hydrogen-bond acceptors (Lipinski definition) is 5. The van der Waals surface area contributed by atoms with Gasteiger partial charge in [-0.15, -0.1) is 0 Å². The Kier molecular flexibility index (Phi) is 3.73. The first-order valence-electron chi connectivity index (χ1n) is 7.13. The predicted molar refractivity (Wildman–Crippen MR) is 83.3 cm³/mol. The molecule has 0 unspecified atom stereocenters. The van der Waals surface area contributed by atoms with Gasteiger partial charge >= 0.3 is 0 Å². The van der Waals surface area contributed by atoms with Crippen molar-refractivity contribution in [3.63, 3.8) is 0 Å². The van der Waals surface area contributed by atoms with Gasteiger partial charge in [-0.3, -0.25) is 25.5 Å². The first-order valence-corrected chi connectivity index (χ1v) is 7.13. The molecule has 23 heavy (non-hydrogen) atoms. The van der Waals surface area contributed by atoms with Crippen molar-refractivity contribution in [2.75, 3.05) is 5.32 Å². The van der Waals surface area contributed by atoms with Gasteiger partial charge in [0, 0.05) is 7.12 Å². The fourth-order valence-corrected chi connectivity index (χ4v) is 2.77. The molecule has 3 N–H and O–H groups in total. The van der Waals surface area contributed by atoms with Crippen LogP contribution in [0, 0.1) is 16.6 Å². The Morgan fingerprint density at radius 1 is 1.52 bits per heavy atom. The summed E-state index contributed by atoms with van der Waals surface area (Å²) in [7, 11) is 0. The number of halogens is 1. The molecule has 8 heteroatoms. The fourth-order valence-electron chi connectivity index (χ4n) is 2.77. The number of hydrogen-bond donors (Lipinski definition) is 3. The van der Waals surface area contributed by atoms with Crippen LogP contribution in [0.1, 0.15) is 42.3 Å². The van der Waals surface area contributed by atoms with Crippen LogP contribution in [0.5, 0.6) is 0 Å². The molecular formula is C15H17FN6O. The van der Waals surface area contributed by atoms with Crippen LogP contribution >= 0.6 is 0 Å². The molecule has 0 saturated carbocycles. The van der Waals surface area contributed by atoms with E-state index >= 15 is 0 Å². The van der Waals surface area contributed by atoms with Crippen LogP contribution in [0.15, 0.2) is 18.5 Å². The fraction of sp³-hybridized carbons (Fsp3) is 0.267. The third-order valence-corrected chi connectivity index (χ3v) is 3.98. The Bertz CT molecular complexity index is 848. The SMILES string of the molecule is C[C@H]1CCc2c1cc(C(=O)Nc1ncc(F)cn1)c(=N)n2C=N.[HH]. The van der Waals surface area contributed by atoms with Crippen molar-refractivity contribution >= 4 is 18.2 Å². The summed E-state index contributed by atoms with van der Waals surface area (Å²) < 4.78 is 14.2. The number of aromatic nitrogens is 3. The maximum atomic E-state index is 12.8. The topological polar surface area (TPSA) is 108 Å². The maximum absolute atomic E-state index is 12.8. The number of rotatable bonds is 3. The van der Waals surface area contributed by atoms with Crippen molar-refractivity contribution in [2.24, 2.45) is 0 Å². The van der Waals surface area contributed by atoms with Gasteiger partial charge in [0.25, 0.3) is 5.91 Å². The van der Waals surface area contributed by atoms with E-state index in [0.717, 1.165) is 42.8 Å². The molecule has 0 aromatic carbocycles. The Balaban J connectivity index is 0.00000208. The van der Waals surface area contributed by atoms with Crippen LogP contribution < -0.4 is 10.8 Å². The summed E-state index contributed by atoms with van der Waals surface area (Å²) >= 11 is 0. The van der Waals surface area contributed by atoms with E-state index in [1.165, 1.54) is 4.57 Å². The molecule has 0 bridgehead atoms. The Morgan fingerprint density at radius 2 is 2.22 bits per heavy atom. The zero-order chi connectivity index (χ0) is 16.6. The van der Waals surface area contributed by atoms with Gasteiger partial charge in [-0.05, 0) is 30.4 Å². The highest BCUT2D eigenvalue weighted by molar-refractivity contribution is 6.03. The van der Waals surface area contributed by atoms with E-state index in [1.807, 2.05) is 0 Å². The van der Waals surface area contributed by atoms with E-state index in [4.69, 9.17) is 10.8 Å². The zero-order valence-corrected chi connectivity index (χ0v) is 12.4. The van der Waals surface area contributed by atoms with E-state index in [2.05, 4.69) is 22.2 Å². The third-order valence-electron chi connectivity index (χ3n) is 3.98. The van der Waals surface area contributed by atoms with E-state index in [-0.39, 0.29) is 24.3 Å². The quantitative estimate of drug-likeness (QED) is 0.594. The molecule has 0 fully saturated rings. The number of pyridine rings is 1. The number of carbonyl (C=O) groups is 1. The lowest BCUT2D eigenvalue weighted by Gasteiger charge is -2.13. The van der Waals surface area contributed by atoms with Crippen LogP contribution in [0.4, 0.5) is 10.3 Å². The minimum absolute atomic E-state index is 0. The van der Waals surface area contributed by atoms with Crippen molar-refractivity contribution in [3.8, 4) is 0 Å². The summed E-state index contributed by atoms with van der Waals surface area (Å²) in [5, 5.41) is 18.1. The van der Waals surface area contributed by atoms with Gasteiger partial charge in [-0.2, -0.15) is 0 Å². The Labute approximate surface area is 132 Å². The van der Waals surface area contributed by atoms with Gasteiger partial charge < -0.3 is 0 Å². The summed E-state index contributed by atoms with van der Waals surface area (Å²) in [6.45, 7) is 2.05. The van der Waals surface area contributed by atoms with Crippen molar-refractivity contribution in [3.05, 3.63) is 46.6 Å². The molecule has 0 radical (unpaired) electrons. The second kappa shape index (κ2) is 5.71. The van der Waals surface area contributed by atoms with Crippen molar-refractivity contribution in [1.29, 1.82) is 10.8 Å². The maximum Gasteiger partial charge on any atom is 0.261 e. The predicted octanol–water partition coefficient (Wildman–Crippen LogP) is 1.90. The molecule has 0 spiro atoms. The van der Waals surface area contributed by atoms with Crippen LogP contribution in [0.3, 0.4) is 0 Å². The Morgan fingerprint density at radius 3 is 2.87 bits per heavy atom. The molecule has 120 valence electrons. The third kappa shape index (κ3) is 2.63. The number of amides is 1. The lowest BCUT2D eigenvalue weighted by molar-refractivity contribution is 0.102. The van der Waals surface area contributed by atoms with E-state index in [0.29, 0.717) is 0 Å². The van der Waals surface area contributed by atoms with Crippen LogP contribution in [0.2, 0.25) is 0 Å².